The van der Waals surface area contributed by atoms with E-state index in [0.29, 0.717) is 13.0 Å². The Hall–Kier alpha value is -1.51. The average molecular weight is 235 g/mol. The molecule has 3 nitrogen and oxygen atoms in total. The van der Waals surface area contributed by atoms with Crippen molar-refractivity contribution in [2.24, 2.45) is 0 Å². The quantitative estimate of drug-likeness (QED) is 0.797. The molecule has 0 heterocycles. The van der Waals surface area contributed by atoms with Crippen LogP contribution >= 0.6 is 0 Å². The van der Waals surface area contributed by atoms with Crippen LogP contribution < -0.4 is 5.32 Å². The van der Waals surface area contributed by atoms with Gasteiger partial charge in [0.15, 0.2) is 0 Å². The molecule has 17 heavy (non-hydrogen) atoms. The van der Waals surface area contributed by atoms with Crippen molar-refractivity contribution in [3.63, 3.8) is 0 Å². The number of rotatable bonds is 5. The number of hydrogen-bond donors (Lipinski definition) is 1. The third-order valence-corrected chi connectivity index (χ3v) is 2.54. The molecule has 0 aliphatic heterocycles. The molecular formula is C14H21NO2. The number of carbonyl (C=O) groups excluding carboxylic acids is 1. The van der Waals surface area contributed by atoms with Crippen LogP contribution in [0.15, 0.2) is 18.2 Å². The topological polar surface area (TPSA) is 38.3 Å². The molecule has 0 aliphatic rings. The predicted molar refractivity (Wildman–Crippen MR) is 70.3 cm³/mol. The molecule has 1 aromatic carbocycles. The van der Waals surface area contributed by atoms with Crippen molar-refractivity contribution < 1.29 is 9.53 Å². The fourth-order valence-electron chi connectivity index (χ4n) is 1.83. The first kappa shape index (κ1) is 13.6. The maximum Gasteiger partial charge on any atom is 0.328 e. The molecule has 0 aromatic heterocycles. The van der Waals surface area contributed by atoms with E-state index in [2.05, 4.69) is 11.4 Å². The number of benzene rings is 1. The summed E-state index contributed by atoms with van der Waals surface area (Å²) in [4.78, 5) is 11.7. The van der Waals surface area contributed by atoms with Crippen LogP contribution in [0.2, 0.25) is 0 Å². The Morgan fingerprint density at radius 2 is 1.82 bits per heavy atom. The molecule has 0 fully saturated rings. The van der Waals surface area contributed by atoms with Crippen LogP contribution in [0.4, 0.5) is 5.69 Å². The molecule has 1 N–H and O–H groups in total. The fraction of sp³-hybridized carbons (Fsp3) is 0.500. The minimum atomic E-state index is -0.267. The Kier molecular flexibility index (Phi) is 5.01. The molecule has 1 atom stereocenters. The van der Waals surface area contributed by atoms with Gasteiger partial charge in [0.05, 0.1) is 6.61 Å². The number of aryl methyl sites for hydroxylation is 2. The molecule has 1 rings (SSSR count). The molecule has 0 saturated carbocycles. The number of nitrogens with one attached hydrogen (secondary N) is 1. The fourth-order valence-corrected chi connectivity index (χ4v) is 1.83. The summed E-state index contributed by atoms with van der Waals surface area (Å²) < 4.78 is 5.03. The lowest BCUT2D eigenvalue weighted by Gasteiger charge is -2.17. The SMILES string of the molecule is CCOC(=O)C(CC)Nc1cc(C)cc(C)c1. The Bertz CT molecular complexity index is 368. The number of esters is 1. The smallest absolute Gasteiger partial charge is 0.328 e. The van der Waals surface area contributed by atoms with E-state index in [1.165, 1.54) is 11.1 Å². The summed E-state index contributed by atoms with van der Waals surface area (Å²) in [5.41, 5.74) is 3.35. The molecule has 1 aromatic rings. The third kappa shape index (κ3) is 4.10. The van der Waals surface area contributed by atoms with Crippen molar-refractivity contribution in [3.8, 4) is 0 Å². The Morgan fingerprint density at radius 3 is 2.29 bits per heavy atom. The summed E-state index contributed by atoms with van der Waals surface area (Å²) in [6, 6.07) is 5.91. The highest BCUT2D eigenvalue weighted by molar-refractivity contribution is 5.79. The van der Waals surface area contributed by atoms with Crippen LogP contribution in [0.3, 0.4) is 0 Å². The van der Waals surface area contributed by atoms with Gasteiger partial charge in [-0.15, -0.1) is 0 Å². The molecular weight excluding hydrogens is 214 g/mol. The molecule has 1 unspecified atom stereocenters. The van der Waals surface area contributed by atoms with Gasteiger partial charge in [0, 0.05) is 5.69 Å². The summed E-state index contributed by atoms with van der Waals surface area (Å²) >= 11 is 0. The zero-order valence-electron chi connectivity index (χ0n) is 11.0. The predicted octanol–water partition coefficient (Wildman–Crippen LogP) is 3.06. The Labute approximate surface area is 103 Å². The van der Waals surface area contributed by atoms with Crippen LogP contribution in [0, 0.1) is 13.8 Å². The standard InChI is InChI=1S/C14H21NO2/c1-5-13(14(16)17-6-2)15-12-8-10(3)7-11(4)9-12/h7-9,13,15H,5-6H2,1-4H3. The van der Waals surface area contributed by atoms with E-state index in [1.54, 1.807) is 0 Å². The van der Waals surface area contributed by atoms with Crippen molar-refractivity contribution in [3.05, 3.63) is 29.3 Å². The Morgan fingerprint density at radius 1 is 1.24 bits per heavy atom. The van der Waals surface area contributed by atoms with Crippen LogP contribution in [0.5, 0.6) is 0 Å². The number of anilines is 1. The molecule has 0 bridgehead atoms. The van der Waals surface area contributed by atoms with Crippen molar-refractivity contribution >= 4 is 11.7 Å². The zero-order chi connectivity index (χ0) is 12.8. The second kappa shape index (κ2) is 6.28. The summed E-state index contributed by atoms with van der Waals surface area (Å²) in [6.07, 6.45) is 0.714. The lowest BCUT2D eigenvalue weighted by atomic mass is 10.1. The van der Waals surface area contributed by atoms with E-state index in [-0.39, 0.29) is 12.0 Å². The van der Waals surface area contributed by atoms with E-state index >= 15 is 0 Å². The maximum atomic E-state index is 11.7. The molecule has 3 heteroatoms. The first-order valence-corrected chi connectivity index (χ1v) is 6.08. The maximum absolute atomic E-state index is 11.7. The Balaban J connectivity index is 2.76. The first-order chi connectivity index (χ1) is 8.06. The molecule has 94 valence electrons. The van der Waals surface area contributed by atoms with Crippen LogP contribution in [-0.2, 0) is 9.53 Å². The van der Waals surface area contributed by atoms with Crippen LogP contribution in [0.1, 0.15) is 31.4 Å². The van der Waals surface area contributed by atoms with Gasteiger partial charge < -0.3 is 10.1 Å². The van der Waals surface area contributed by atoms with Crippen LogP contribution in [-0.4, -0.2) is 18.6 Å². The average Bonchev–Trinajstić information content (AvgIpc) is 2.24. The van der Waals surface area contributed by atoms with Gasteiger partial charge in [-0.25, -0.2) is 4.79 Å². The van der Waals surface area contributed by atoms with Crippen LogP contribution in [0.25, 0.3) is 0 Å². The van der Waals surface area contributed by atoms with E-state index < -0.39 is 0 Å². The molecule has 0 radical (unpaired) electrons. The lowest BCUT2D eigenvalue weighted by molar-refractivity contribution is -0.144. The van der Waals surface area contributed by atoms with Crippen molar-refractivity contribution in [2.45, 2.75) is 40.2 Å². The van der Waals surface area contributed by atoms with E-state index in [1.807, 2.05) is 39.8 Å². The van der Waals surface area contributed by atoms with Crippen molar-refractivity contribution in [1.82, 2.24) is 0 Å². The minimum absolute atomic E-state index is 0.186. The molecule has 0 aliphatic carbocycles. The van der Waals surface area contributed by atoms with Gasteiger partial charge in [0.25, 0.3) is 0 Å². The highest BCUT2D eigenvalue weighted by Crippen LogP contribution is 2.16. The van der Waals surface area contributed by atoms with E-state index in [9.17, 15) is 4.79 Å². The lowest BCUT2D eigenvalue weighted by Crippen LogP contribution is -2.30. The van der Waals surface area contributed by atoms with Crippen molar-refractivity contribution in [2.75, 3.05) is 11.9 Å². The van der Waals surface area contributed by atoms with Crippen molar-refractivity contribution in [1.29, 1.82) is 0 Å². The number of ether oxygens (including phenoxy) is 1. The van der Waals surface area contributed by atoms with Gasteiger partial charge in [-0.3, -0.25) is 0 Å². The van der Waals surface area contributed by atoms with Gasteiger partial charge in [0.2, 0.25) is 0 Å². The summed E-state index contributed by atoms with van der Waals surface area (Å²) in [5.74, 6) is -0.186. The monoisotopic (exact) mass is 235 g/mol. The third-order valence-electron chi connectivity index (χ3n) is 2.54. The summed E-state index contributed by atoms with van der Waals surface area (Å²) in [7, 11) is 0. The number of hydrogen-bond acceptors (Lipinski definition) is 3. The van der Waals surface area contributed by atoms with E-state index in [0.717, 1.165) is 5.69 Å². The van der Waals surface area contributed by atoms with Gasteiger partial charge in [0.1, 0.15) is 6.04 Å². The number of carbonyl (C=O) groups is 1. The highest BCUT2D eigenvalue weighted by Gasteiger charge is 2.17. The van der Waals surface area contributed by atoms with E-state index in [4.69, 9.17) is 4.74 Å². The summed E-state index contributed by atoms with van der Waals surface area (Å²) in [5, 5.41) is 3.22. The zero-order valence-corrected chi connectivity index (χ0v) is 11.0. The van der Waals surface area contributed by atoms with Gasteiger partial charge in [-0.1, -0.05) is 13.0 Å². The summed E-state index contributed by atoms with van der Waals surface area (Å²) in [6.45, 7) is 8.30. The van der Waals surface area contributed by atoms with Gasteiger partial charge in [-0.2, -0.15) is 0 Å². The first-order valence-electron chi connectivity index (χ1n) is 6.08. The molecule has 0 spiro atoms. The normalized spacial score (nSPS) is 12.0. The van der Waals surface area contributed by atoms with Gasteiger partial charge >= 0.3 is 5.97 Å². The highest BCUT2D eigenvalue weighted by atomic mass is 16.5. The second-order valence-corrected chi connectivity index (χ2v) is 4.23. The largest absolute Gasteiger partial charge is 0.464 e. The molecule has 0 amide bonds. The van der Waals surface area contributed by atoms with Gasteiger partial charge in [-0.05, 0) is 50.5 Å². The minimum Gasteiger partial charge on any atom is -0.464 e. The second-order valence-electron chi connectivity index (χ2n) is 4.23. The molecule has 0 saturated heterocycles.